The standard InChI is InChI=1S/C47H39N4/c1-33(2)34-27-28-48-46(29-34)51-42-22-11-10-21-40(42)41-26-25-38(31-45(41)51)47(35-15-6-4-7-16-35,36-17-8-5-9-18-36)37-19-14-20-39(30-37)50-32-49(3)43-23-12-13-24-44(43)50/h4-33H,1-3H3/q+1/i3D3. The molecule has 4 heteroatoms. The molecular weight excluding hydrogens is 621 g/mol. The molecule has 9 rings (SSSR count). The zero-order chi connectivity index (χ0) is 37.0. The second-order valence-electron chi connectivity index (χ2n) is 13.6. The summed E-state index contributed by atoms with van der Waals surface area (Å²) in [5.41, 5.74) is 9.37. The number of aryl methyl sites for hydroxylation is 1. The average molecular weight is 663 g/mol. The number of rotatable bonds is 7. The van der Waals surface area contributed by atoms with Gasteiger partial charge in [0.25, 0.3) is 0 Å². The van der Waals surface area contributed by atoms with Gasteiger partial charge in [-0.1, -0.05) is 129 Å². The molecule has 0 aliphatic heterocycles. The molecule has 0 spiro atoms. The van der Waals surface area contributed by atoms with Crippen molar-refractivity contribution in [3.63, 3.8) is 0 Å². The first kappa shape index (κ1) is 27.5. The van der Waals surface area contributed by atoms with Crippen molar-refractivity contribution >= 4 is 32.8 Å². The molecule has 4 nitrogen and oxygen atoms in total. The van der Waals surface area contributed by atoms with Crippen LogP contribution in [0.3, 0.4) is 0 Å². The molecule has 0 amide bonds. The molecule has 246 valence electrons. The second-order valence-corrected chi connectivity index (χ2v) is 13.6. The van der Waals surface area contributed by atoms with E-state index in [0.29, 0.717) is 11.4 Å². The minimum atomic E-state index is -2.34. The number of aromatic nitrogens is 4. The van der Waals surface area contributed by atoms with Gasteiger partial charge in [0.05, 0.1) is 27.5 Å². The monoisotopic (exact) mass is 662 g/mol. The van der Waals surface area contributed by atoms with Crippen molar-refractivity contribution in [1.29, 1.82) is 0 Å². The van der Waals surface area contributed by atoms with Crippen LogP contribution < -0.4 is 4.57 Å². The predicted molar refractivity (Wildman–Crippen MR) is 209 cm³/mol. The Labute approximate surface area is 302 Å². The fourth-order valence-electron chi connectivity index (χ4n) is 7.95. The van der Waals surface area contributed by atoms with Gasteiger partial charge in [0, 0.05) is 17.0 Å². The molecular formula is C47H39N4+. The number of pyridine rings is 1. The summed E-state index contributed by atoms with van der Waals surface area (Å²) >= 11 is 0. The highest BCUT2D eigenvalue weighted by atomic mass is 15.1. The Morgan fingerprint density at radius 3 is 1.98 bits per heavy atom. The van der Waals surface area contributed by atoms with Gasteiger partial charge in [0.15, 0.2) is 11.0 Å². The van der Waals surface area contributed by atoms with Crippen LogP contribution in [-0.4, -0.2) is 14.1 Å². The molecule has 0 unspecified atom stereocenters. The van der Waals surface area contributed by atoms with Gasteiger partial charge >= 0.3 is 0 Å². The zero-order valence-electron chi connectivity index (χ0n) is 31.6. The van der Waals surface area contributed by atoms with Crippen LogP contribution in [-0.2, 0) is 12.4 Å². The normalized spacial score (nSPS) is 13.1. The lowest BCUT2D eigenvalue weighted by molar-refractivity contribution is -0.645. The molecule has 3 aromatic heterocycles. The first-order valence-electron chi connectivity index (χ1n) is 19.0. The van der Waals surface area contributed by atoms with Crippen LogP contribution in [0.2, 0.25) is 0 Å². The molecule has 0 aliphatic carbocycles. The molecule has 0 radical (unpaired) electrons. The van der Waals surface area contributed by atoms with Crippen molar-refractivity contribution in [1.82, 2.24) is 14.1 Å². The van der Waals surface area contributed by atoms with Crippen LogP contribution in [0, 0.1) is 0 Å². The van der Waals surface area contributed by atoms with Crippen LogP contribution in [0.4, 0.5) is 0 Å². The summed E-state index contributed by atoms with van der Waals surface area (Å²) in [6.07, 6.45) is 3.62. The van der Waals surface area contributed by atoms with E-state index in [0.717, 1.165) is 55.7 Å². The van der Waals surface area contributed by atoms with Gasteiger partial charge in [-0.05, 0) is 82.3 Å². The molecule has 0 bridgehead atoms. The van der Waals surface area contributed by atoms with E-state index in [1.54, 1.807) is 6.33 Å². The maximum absolute atomic E-state index is 8.30. The summed E-state index contributed by atoms with van der Waals surface area (Å²) in [6.45, 7) is 2.09. The fourth-order valence-corrected chi connectivity index (χ4v) is 7.95. The van der Waals surface area contributed by atoms with Gasteiger partial charge in [-0.2, -0.15) is 4.57 Å². The molecule has 0 saturated heterocycles. The smallest absolute Gasteiger partial charge is 0.249 e. The van der Waals surface area contributed by atoms with Crippen LogP contribution in [0.25, 0.3) is 44.3 Å². The predicted octanol–water partition coefficient (Wildman–Crippen LogP) is 10.5. The summed E-state index contributed by atoms with van der Waals surface area (Å²) < 4.78 is 30.6. The topological polar surface area (TPSA) is 26.6 Å². The van der Waals surface area contributed by atoms with Gasteiger partial charge in [-0.3, -0.25) is 4.57 Å². The van der Waals surface area contributed by atoms with Crippen molar-refractivity contribution in [2.45, 2.75) is 25.2 Å². The van der Waals surface area contributed by atoms with Crippen LogP contribution in [0.1, 0.15) is 51.7 Å². The number of para-hydroxylation sites is 3. The van der Waals surface area contributed by atoms with Gasteiger partial charge in [0.1, 0.15) is 11.5 Å². The highest BCUT2D eigenvalue weighted by Gasteiger charge is 2.39. The third-order valence-corrected chi connectivity index (χ3v) is 10.4. The SMILES string of the molecule is [2H]C([2H])([2H])[n+]1cn(-c2cccc(C(c3ccccc3)(c3ccccc3)c3ccc4c5ccccc5n(-c5cc(C(C)C)ccn5)c4c3)c2)c2ccccc21. The Balaban J connectivity index is 1.37. The number of imidazole rings is 1. The van der Waals surface area contributed by atoms with Gasteiger partial charge in [-0.25, -0.2) is 9.55 Å². The Kier molecular flexibility index (Phi) is 6.62. The lowest BCUT2D eigenvalue weighted by Gasteiger charge is -2.37. The summed E-state index contributed by atoms with van der Waals surface area (Å²) in [4.78, 5) is 4.94. The lowest BCUT2D eigenvalue weighted by Crippen LogP contribution is -2.31. The van der Waals surface area contributed by atoms with Crippen molar-refractivity contribution < 1.29 is 8.68 Å². The van der Waals surface area contributed by atoms with E-state index in [1.807, 2.05) is 35.0 Å². The Hall–Kier alpha value is -6.26. The van der Waals surface area contributed by atoms with E-state index in [-0.39, 0.29) is 0 Å². The van der Waals surface area contributed by atoms with E-state index in [2.05, 4.69) is 158 Å². The third kappa shape index (κ3) is 4.90. The molecule has 0 saturated carbocycles. The van der Waals surface area contributed by atoms with Crippen molar-refractivity contribution in [2.75, 3.05) is 0 Å². The van der Waals surface area contributed by atoms with E-state index < -0.39 is 12.4 Å². The third-order valence-electron chi connectivity index (χ3n) is 10.4. The number of fused-ring (bicyclic) bond motifs is 4. The first-order chi connectivity index (χ1) is 26.2. The highest BCUT2D eigenvalue weighted by molar-refractivity contribution is 6.09. The van der Waals surface area contributed by atoms with Crippen LogP contribution in [0.5, 0.6) is 0 Å². The maximum Gasteiger partial charge on any atom is 0.249 e. The molecule has 0 aliphatic rings. The van der Waals surface area contributed by atoms with Crippen molar-refractivity contribution in [2.24, 2.45) is 6.98 Å². The largest absolute Gasteiger partial charge is 0.294 e. The van der Waals surface area contributed by atoms with Gasteiger partial charge in [0.2, 0.25) is 6.33 Å². The molecule has 51 heavy (non-hydrogen) atoms. The van der Waals surface area contributed by atoms with Crippen molar-refractivity contribution in [3.8, 4) is 11.5 Å². The van der Waals surface area contributed by atoms with E-state index in [9.17, 15) is 0 Å². The second kappa shape index (κ2) is 12.3. The molecule has 6 aromatic carbocycles. The minimum Gasteiger partial charge on any atom is -0.294 e. The first-order valence-corrected chi connectivity index (χ1v) is 17.5. The highest BCUT2D eigenvalue weighted by Crippen LogP contribution is 2.47. The summed E-state index contributed by atoms with van der Waals surface area (Å²) in [5, 5.41) is 2.33. The number of hydrogen-bond donors (Lipinski definition) is 0. The van der Waals surface area contributed by atoms with E-state index in [1.165, 1.54) is 15.5 Å². The summed E-state index contributed by atoms with van der Waals surface area (Å²) in [7, 11) is 0. The van der Waals surface area contributed by atoms with Crippen molar-refractivity contribution in [3.05, 3.63) is 204 Å². The summed E-state index contributed by atoms with van der Waals surface area (Å²) in [5.74, 6) is 1.25. The van der Waals surface area contributed by atoms with E-state index >= 15 is 0 Å². The molecule has 3 heterocycles. The average Bonchev–Trinajstić information content (AvgIpc) is 3.76. The fraction of sp³-hybridized carbons (Fsp3) is 0.106. The summed E-state index contributed by atoms with van der Waals surface area (Å²) in [6, 6.07) is 57.3. The van der Waals surface area contributed by atoms with E-state index in [4.69, 9.17) is 9.10 Å². The molecule has 9 aromatic rings. The molecule has 0 atom stereocenters. The number of benzene rings is 6. The Morgan fingerprint density at radius 1 is 0.588 bits per heavy atom. The Bertz CT molecular complexity index is 2760. The lowest BCUT2D eigenvalue weighted by atomic mass is 9.65. The van der Waals surface area contributed by atoms with Gasteiger partial charge < -0.3 is 0 Å². The Morgan fingerprint density at radius 2 is 1.24 bits per heavy atom. The van der Waals surface area contributed by atoms with Gasteiger partial charge in [-0.15, -0.1) is 0 Å². The zero-order valence-corrected chi connectivity index (χ0v) is 28.6. The maximum atomic E-state index is 8.30. The quantitative estimate of drug-likeness (QED) is 0.123. The minimum absolute atomic E-state index is 0.359. The number of nitrogens with zero attached hydrogens (tertiary/aromatic N) is 4. The van der Waals surface area contributed by atoms with Crippen LogP contribution in [0.15, 0.2) is 176 Å². The molecule has 0 N–H and O–H groups in total. The van der Waals surface area contributed by atoms with Crippen LogP contribution >= 0.6 is 0 Å². The number of hydrogen-bond acceptors (Lipinski definition) is 1. The molecule has 0 fully saturated rings.